The highest BCUT2D eigenvalue weighted by Crippen LogP contribution is 2.71. The number of carbonyl (C=O) groups is 2. The molecule has 4 N–H and O–H groups in total. The van der Waals surface area contributed by atoms with Gasteiger partial charge >= 0.3 is 11.9 Å². The number of aliphatic hydroxyl groups is 4. The van der Waals surface area contributed by atoms with Gasteiger partial charge in [0.15, 0.2) is 0 Å². The molecule has 1 aromatic carbocycles. The number of rotatable bonds is 6. The van der Waals surface area contributed by atoms with Crippen LogP contribution in [0.1, 0.15) is 81.6 Å². The smallest absolute Gasteiger partial charge is 0.340 e. The van der Waals surface area contributed by atoms with Crippen LogP contribution in [-0.4, -0.2) is 72.5 Å². The summed E-state index contributed by atoms with van der Waals surface area (Å²) in [6.07, 6.45) is 7.05. The molecule has 3 fully saturated rings. The van der Waals surface area contributed by atoms with Gasteiger partial charge in [0, 0.05) is 24.4 Å². The van der Waals surface area contributed by atoms with Gasteiger partial charge in [0.1, 0.15) is 29.0 Å². The molecule has 240 valence electrons. The Kier molecular flexibility index (Phi) is 7.84. The van der Waals surface area contributed by atoms with E-state index in [-0.39, 0.29) is 31.2 Å². The third-order valence-corrected chi connectivity index (χ3v) is 12.0. The molecule has 1 aromatic heterocycles. The number of benzene rings is 1. The van der Waals surface area contributed by atoms with E-state index in [9.17, 15) is 30.0 Å². The van der Waals surface area contributed by atoms with Gasteiger partial charge in [-0.05, 0) is 81.1 Å². The van der Waals surface area contributed by atoms with E-state index < -0.39 is 63.8 Å². The lowest BCUT2D eigenvalue weighted by Crippen LogP contribution is -2.78. The number of aromatic nitrogens is 1. The summed E-state index contributed by atoms with van der Waals surface area (Å²) < 4.78 is 12.0. The second-order valence-corrected chi connectivity index (χ2v) is 13.9. The molecule has 0 radical (unpaired) electrons. The van der Waals surface area contributed by atoms with Crippen molar-refractivity contribution in [1.82, 2.24) is 4.98 Å². The zero-order valence-electron chi connectivity index (χ0n) is 26.1. The maximum Gasteiger partial charge on any atom is 0.340 e. The number of nitrogens with zero attached hydrogens (tertiary/aromatic N) is 1. The van der Waals surface area contributed by atoms with Gasteiger partial charge in [-0.1, -0.05) is 55.8 Å². The van der Waals surface area contributed by atoms with Crippen molar-refractivity contribution in [2.75, 3.05) is 0 Å². The van der Waals surface area contributed by atoms with Gasteiger partial charge in [-0.3, -0.25) is 4.98 Å². The average molecular weight is 618 g/mol. The van der Waals surface area contributed by atoms with Crippen molar-refractivity contribution in [3.8, 4) is 0 Å². The highest BCUT2D eigenvalue weighted by molar-refractivity contribution is 5.89. The van der Waals surface area contributed by atoms with Gasteiger partial charge in [0.25, 0.3) is 0 Å². The SMILES string of the molecule is C[C@H](OC(=O)c1cccnc1)[C@]1(O)CC[C@@]2(O)[C@]1(C)[C@H](OC(=O)C=Cc1ccccc1)C[C@@H]1[C@@]3(C)CC[C@H](O)CC3=CC[C@]12O. The van der Waals surface area contributed by atoms with E-state index in [4.69, 9.17) is 9.47 Å². The van der Waals surface area contributed by atoms with Crippen LogP contribution in [0.15, 0.2) is 72.6 Å². The standard InChI is InChI=1S/C36H43NO8/c1-23(44-31(40)25-10-7-19-37-22-25)34(41)17-18-36(43)33(34,3)29(45-30(39)12-11-24-8-5-4-6-9-24)21-28-32(2)15-14-27(38)20-26(32)13-16-35(28,36)42/h4-13,19,22-23,27-29,38,41-43H,14-18,20-21H2,1-3H3/t23-,27-,28+,29+,32-,33+,34+,35-,36+/m0/s1. The van der Waals surface area contributed by atoms with Gasteiger partial charge in [0.2, 0.25) is 0 Å². The number of carbonyl (C=O) groups excluding carboxylic acids is 2. The fourth-order valence-corrected chi connectivity index (χ4v) is 9.21. The number of hydrogen-bond donors (Lipinski definition) is 4. The Balaban J connectivity index is 1.40. The Morgan fingerprint density at radius 2 is 1.80 bits per heavy atom. The molecule has 9 nitrogen and oxygen atoms in total. The lowest BCUT2D eigenvalue weighted by atomic mass is 9.42. The molecule has 4 aliphatic rings. The second-order valence-electron chi connectivity index (χ2n) is 13.9. The predicted molar refractivity (Wildman–Crippen MR) is 165 cm³/mol. The zero-order chi connectivity index (χ0) is 32.3. The fourth-order valence-electron chi connectivity index (χ4n) is 9.21. The van der Waals surface area contributed by atoms with Crippen molar-refractivity contribution in [2.45, 2.75) is 101 Å². The Bertz CT molecular complexity index is 1510. The summed E-state index contributed by atoms with van der Waals surface area (Å²) in [6, 6.07) is 12.5. The molecule has 0 spiro atoms. The summed E-state index contributed by atoms with van der Waals surface area (Å²) in [5.74, 6) is -1.86. The molecule has 45 heavy (non-hydrogen) atoms. The van der Waals surface area contributed by atoms with E-state index in [2.05, 4.69) is 11.9 Å². The van der Waals surface area contributed by atoms with Crippen LogP contribution in [0.5, 0.6) is 0 Å². The van der Waals surface area contributed by atoms with Crippen molar-refractivity contribution in [2.24, 2.45) is 16.7 Å². The van der Waals surface area contributed by atoms with E-state index in [0.717, 1.165) is 11.1 Å². The van der Waals surface area contributed by atoms with Crippen LogP contribution in [0, 0.1) is 16.7 Å². The topological polar surface area (TPSA) is 146 Å². The van der Waals surface area contributed by atoms with Crippen molar-refractivity contribution in [3.05, 3.63) is 83.7 Å². The van der Waals surface area contributed by atoms with Crippen LogP contribution >= 0.6 is 0 Å². The van der Waals surface area contributed by atoms with Crippen molar-refractivity contribution >= 4 is 18.0 Å². The highest BCUT2D eigenvalue weighted by atomic mass is 16.6. The van der Waals surface area contributed by atoms with E-state index in [1.165, 1.54) is 18.5 Å². The first-order valence-electron chi connectivity index (χ1n) is 15.9. The predicted octanol–water partition coefficient (Wildman–Crippen LogP) is 4.15. The lowest BCUT2D eigenvalue weighted by molar-refractivity contribution is -0.326. The van der Waals surface area contributed by atoms with E-state index in [1.54, 1.807) is 32.1 Å². The van der Waals surface area contributed by atoms with Crippen molar-refractivity contribution in [1.29, 1.82) is 0 Å². The monoisotopic (exact) mass is 617 g/mol. The first-order chi connectivity index (χ1) is 21.3. The largest absolute Gasteiger partial charge is 0.458 e. The minimum Gasteiger partial charge on any atom is -0.458 e. The van der Waals surface area contributed by atoms with Gasteiger partial charge < -0.3 is 29.9 Å². The quantitative estimate of drug-likeness (QED) is 0.213. The maximum absolute atomic E-state index is 13.4. The van der Waals surface area contributed by atoms with Gasteiger partial charge in [-0.15, -0.1) is 0 Å². The molecule has 4 aliphatic carbocycles. The molecule has 2 aromatic rings. The minimum absolute atomic E-state index is 0.00241. The Morgan fingerprint density at radius 3 is 2.51 bits per heavy atom. The van der Waals surface area contributed by atoms with Gasteiger partial charge in [0.05, 0.1) is 17.1 Å². The number of aliphatic hydroxyl groups excluding tert-OH is 1. The van der Waals surface area contributed by atoms with Crippen LogP contribution in [-0.2, 0) is 14.3 Å². The molecule has 0 bridgehead atoms. The Hall–Kier alpha value is -3.37. The summed E-state index contributed by atoms with van der Waals surface area (Å²) in [4.78, 5) is 30.5. The Morgan fingerprint density at radius 1 is 1.04 bits per heavy atom. The zero-order valence-corrected chi connectivity index (χ0v) is 26.1. The van der Waals surface area contributed by atoms with Gasteiger partial charge in [-0.25, -0.2) is 9.59 Å². The first kappa shape index (κ1) is 31.6. The summed E-state index contributed by atoms with van der Waals surface area (Å²) in [6.45, 7) is 5.27. The minimum atomic E-state index is -1.91. The molecule has 0 aliphatic heterocycles. The molecule has 6 rings (SSSR count). The molecular weight excluding hydrogens is 574 g/mol. The lowest BCUT2D eigenvalue weighted by Gasteiger charge is -2.67. The summed E-state index contributed by atoms with van der Waals surface area (Å²) in [5.41, 5.74) is -5.62. The van der Waals surface area contributed by atoms with E-state index >= 15 is 0 Å². The maximum atomic E-state index is 13.4. The molecule has 9 heteroatoms. The summed E-state index contributed by atoms with van der Waals surface area (Å²) in [5, 5.41) is 48.6. The average Bonchev–Trinajstić information content (AvgIpc) is 3.26. The molecule has 0 unspecified atom stereocenters. The van der Waals surface area contributed by atoms with E-state index in [1.807, 2.05) is 36.4 Å². The summed E-state index contributed by atoms with van der Waals surface area (Å²) in [7, 11) is 0. The highest BCUT2D eigenvalue weighted by Gasteiger charge is 2.81. The fraction of sp³-hybridized carbons (Fsp3) is 0.528. The van der Waals surface area contributed by atoms with Crippen molar-refractivity contribution in [3.63, 3.8) is 0 Å². The third-order valence-electron chi connectivity index (χ3n) is 12.0. The first-order valence-corrected chi connectivity index (χ1v) is 15.9. The Labute approximate surface area is 263 Å². The molecule has 3 saturated carbocycles. The number of fused-ring (bicyclic) bond motifs is 5. The molecular formula is C36H43NO8. The second kappa shape index (κ2) is 11.2. The van der Waals surface area contributed by atoms with E-state index in [0.29, 0.717) is 19.3 Å². The number of ether oxygens (including phenoxy) is 2. The number of esters is 2. The van der Waals surface area contributed by atoms with Crippen molar-refractivity contribution < 1.29 is 39.5 Å². The van der Waals surface area contributed by atoms with Crippen LogP contribution in [0.4, 0.5) is 0 Å². The van der Waals surface area contributed by atoms with Crippen LogP contribution in [0.3, 0.4) is 0 Å². The normalized spacial score (nSPS) is 39.6. The molecule has 9 atom stereocenters. The molecule has 0 amide bonds. The summed E-state index contributed by atoms with van der Waals surface area (Å²) >= 11 is 0. The van der Waals surface area contributed by atoms with Crippen LogP contribution in [0.2, 0.25) is 0 Å². The molecule has 0 saturated heterocycles. The number of pyridine rings is 1. The third kappa shape index (κ3) is 4.70. The van der Waals surface area contributed by atoms with Crippen LogP contribution in [0.25, 0.3) is 6.08 Å². The molecule has 1 heterocycles. The van der Waals surface area contributed by atoms with Gasteiger partial charge in [-0.2, -0.15) is 0 Å². The van der Waals surface area contributed by atoms with Crippen LogP contribution < -0.4 is 0 Å². The number of hydrogen-bond acceptors (Lipinski definition) is 9.